The fourth-order valence-electron chi connectivity index (χ4n) is 1.55. The van der Waals surface area contributed by atoms with E-state index >= 15 is 0 Å². The monoisotopic (exact) mass is 329 g/mol. The number of nitrogens with zero attached hydrogens (tertiary/aromatic N) is 1. The minimum atomic E-state index is -0.294. The molecule has 98 valence electrons. The summed E-state index contributed by atoms with van der Waals surface area (Å²) in [4.78, 5) is 12.3. The molecule has 19 heavy (non-hydrogen) atoms. The van der Waals surface area contributed by atoms with E-state index in [9.17, 15) is 10.1 Å². The van der Waals surface area contributed by atoms with Gasteiger partial charge in [-0.05, 0) is 36.1 Å². The number of thioether (sulfide) groups is 2. The molecule has 2 nitrogen and oxygen atoms in total. The SMILES string of the molecule is N#CC(C(=O)c1ccc(Cl)c(Cl)c1)=C1SCCCS1. The Bertz CT molecular complexity index is 585. The Morgan fingerprint density at radius 3 is 2.47 bits per heavy atom. The van der Waals surface area contributed by atoms with Crippen LogP contribution in [0.2, 0.25) is 10.0 Å². The van der Waals surface area contributed by atoms with Gasteiger partial charge in [-0.2, -0.15) is 5.26 Å². The molecule has 0 aliphatic carbocycles. The van der Waals surface area contributed by atoms with Crippen LogP contribution >= 0.6 is 46.7 Å². The molecule has 0 aromatic heterocycles. The van der Waals surface area contributed by atoms with Crippen molar-refractivity contribution < 1.29 is 4.79 Å². The highest BCUT2D eigenvalue weighted by Crippen LogP contribution is 2.38. The van der Waals surface area contributed by atoms with Gasteiger partial charge in [0.05, 0.1) is 14.3 Å². The molecule has 1 aromatic rings. The first-order valence-corrected chi connectivity index (χ1v) is 8.26. The van der Waals surface area contributed by atoms with Crippen LogP contribution in [0.25, 0.3) is 0 Å². The van der Waals surface area contributed by atoms with Gasteiger partial charge in [-0.25, -0.2) is 0 Å². The molecule has 1 aliphatic rings. The fourth-order valence-corrected chi connectivity index (χ4v) is 4.37. The highest BCUT2D eigenvalue weighted by molar-refractivity contribution is 8.22. The lowest BCUT2D eigenvalue weighted by Gasteiger charge is -2.14. The second kappa shape index (κ2) is 6.71. The van der Waals surface area contributed by atoms with Crippen molar-refractivity contribution >= 4 is 52.5 Å². The van der Waals surface area contributed by atoms with E-state index in [1.807, 2.05) is 6.07 Å². The zero-order chi connectivity index (χ0) is 13.8. The summed E-state index contributed by atoms with van der Waals surface area (Å²) in [6.45, 7) is 0. The molecule has 1 aromatic carbocycles. The van der Waals surface area contributed by atoms with Crippen molar-refractivity contribution in [3.8, 4) is 6.07 Å². The van der Waals surface area contributed by atoms with Gasteiger partial charge in [-0.1, -0.05) is 23.2 Å². The summed E-state index contributed by atoms with van der Waals surface area (Å²) in [6, 6.07) is 6.68. The van der Waals surface area contributed by atoms with Gasteiger partial charge in [-0.3, -0.25) is 4.79 Å². The van der Waals surface area contributed by atoms with E-state index < -0.39 is 0 Å². The average molecular weight is 330 g/mol. The van der Waals surface area contributed by atoms with Crippen LogP contribution < -0.4 is 0 Å². The number of carbonyl (C=O) groups excluding carboxylic acids is 1. The Hall–Kier alpha value is -0.600. The number of carbonyl (C=O) groups is 1. The number of hydrogen-bond donors (Lipinski definition) is 0. The Balaban J connectivity index is 2.36. The number of benzene rings is 1. The first kappa shape index (κ1) is 14.8. The second-order valence-corrected chi connectivity index (χ2v) is 7.07. The lowest BCUT2D eigenvalue weighted by Crippen LogP contribution is -2.06. The highest BCUT2D eigenvalue weighted by atomic mass is 35.5. The molecule has 0 amide bonds. The van der Waals surface area contributed by atoms with E-state index in [4.69, 9.17) is 23.2 Å². The van der Waals surface area contributed by atoms with Gasteiger partial charge >= 0.3 is 0 Å². The van der Waals surface area contributed by atoms with E-state index in [1.54, 1.807) is 35.7 Å². The van der Waals surface area contributed by atoms with Crippen LogP contribution in [0.4, 0.5) is 0 Å². The van der Waals surface area contributed by atoms with Gasteiger partial charge < -0.3 is 0 Å². The van der Waals surface area contributed by atoms with Crippen molar-refractivity contribution in [2.24, 2.45) is 0 Å². The highest BCUT2D eigenvalue weighted by Gasteiger charge is 2.20. The standard InChI is InChI=1S/C13H9Cl2NOS2/c14-10-3-2-8(6-11(10)15)12(17)9(7-16)13-18-4-1-5-19-13/h2-3,6H,1,4-5H2. The maximum atomic E-state index is 12.3. The van der Waals surface area contributed by atoms with E-state index in [0.717, 1.165) is 22.2 Å². The predicted octanol–water partition coefficient (Wildman–Crippen LogP) is 4.78. The molecular formula is C13H9Cl2NOS2. The fraction of sp³-hybridized carbons (Fsp3) is 0.231. The summed E-state index contributed by atoms with van der Waals surface area (Å²) in [5, 5.41) is 9.93. The number of hydrogen-bond acceptors (Lipinski definition) is 4. The van der Waals surface area contributed by atoms with Gasteiger partial charge in [0.2, 0.25) is 5.78 Å². The maximum absolute atomic E-state index is 12.3. The van der Waals surface area contributed by atoms with E-state index in [1.165, 1.54) is 6.07 Å². The molecule has 0 atom stereocenters. The van der Waals surface area contributed by atoms with E-state index in [2.05, 4.69) is 0 Å². The minimum Gasteiger partial charge on any atom is -0.288 e. The molecule has 1 heterocycles. The normalized spacial score (nSPS) is 14.9. The molecule has 0 N–H and O–H groups in total. The van der Waals surface area contributed by atoms with Gasteiger partial charge in [0.1, 0.15) is 11.6 Å². The van der Waals surface area contributed by atoms with Crippen molar-refractivity contribution in [1.29, 1.82) is 5.26 Å². The van der Waals surface area contributed by atoms with Crippen LogP contribution in [0, 0.1) is 11.3 Å². The molecule has 0 saturated carbocycles. The number of halogens is 2. The lowest BCUT2D eigenvalue weighted by atomic mass is 10.1. The Labute approximate surface area is 130 Å². The van der Waals surface area contributed by atoms with Gasteiger partial charge in [-0.15, -0.1) is 23.5 Å². The van der Waals surface area contributed by atoms with Crippen molar-refractivity contribution in [2.45, 2.75) is 6.42 Å². The van der Waals surface area contributed by atoms with Gasteiger partial charge in [0.25, 0.3) is 0 Å². The summed E-state index contributed by atoms with van der Waals surface area (Å²) in [5.41, 5.74) is 0.596. The lowest BCUT2D eigenvalue weighted by molar-refractivity contribution is 0.103. The number of rotatable bonds is 2. The van der Waals surface area contributed by atoms with Crippen molar-refractivity contribution in [3.05, 3.63) is 43.6 Å². The summed E-state index contributed by atoms with van der Waals surface area (Å²) < 4.78 is 0.810. The van der Waals surface area contributed by atoms with E-state index in [-0.39, 0.29) is 11.4 Å². The summed E-state index contributed by atoms with van der Waals surface area (Å²) in [7, 11) is 0. The molecular weight excluding hydrogens is 321 g/mol. The molecule has 0 bridgehead atoms. The van der Waals surface area contributed by atoms with Crippen molar-refractivity contribution in [3.63, 3.8) is 0 Å². The Morgan fingerprint density at radius 1 is 1.21 bits per heavy atom. The maximum Gasteiger partial charge on any atom is 0.205 e. The molecule has 1 aliphatic heterocycles. The smallest absolute Gasteiger partial charge is 0.205 e. The van der Waals surface area contributed by atoms with Crippen LogP contribution in [0.3, 0.4) is 0 Å². The van der Waals surface area contributed by atoms with Crippen LogP contribution in [0.15, 0.2) is 28.0 Å². The second-order valence-electron chi connectivity index (χ2n) is 3.78. The third-order valence-electron chi connectivity index (χ3n) is 2.48. The van der Waals surface area contributed by atoms with Crippen LogP contribution in [-0.2, 0) is 0 Å². The molecule has 6 heteroatoms. The Morgan fingerprint density at radius 2 is 1.89 bits per heavy atom. The third-order valence-corrected chi connectivity index (χ3v) is 5.84. The van der Waals surface area contributed by atoms with Crippen LogP contribution in [0.1, 0.15) is 16.8 Å². The Kier molecular flexibility index (Phi) is 5.23. The third kappa shape index (κ3) is 3.49. The van der Waals surface area contributed by atoms with Crippen LogP contribution in [-0.4, -0.2) is 17.3 Å². The summed E-state index contributed by atoms with van der Waals surface area (Å²) >= 11 is 14.8. The molecule has 2 rings (SSSR count). The molecule has 1 fully saturated rings. The van der Waals surface area contributed by atoms with Crippen molar-refractivity contribution in [2.75, 3.05) is 11.5 Å². The van der Waals surface area contributed by atoms with E-state index in [0.29, 0.717) is 15.6 Å². The first-order valence-electron chi connectivity index (χ1n) is 5.53. The number of allylic oxidation sites excluding steroid dienone is 1. The van der Waals surface area contributed by atoms with Gasteiger partial charge in [0, 0.05) is 5.56 Å². The van der Waals surface area contributed by atoms with Gasteiger partial charge in [0.15, 0.2) is 0 Å². The zero-order valence-electron chi connectivity index (χ0n) is 9.78. The number of Topliss-reactive ketones (excluding diaryl/α,β-unsaturated/α-hetero) is 1. The zero-order valence-corrected chi connectivity index (χ0v) is 12.9. The topological polar surface area (TPSA) is 40.9 Å². The predicted molar refractivity (Wildman–Crippen MR) is 83.0 cm³/mol. The largest absolute Gasteiger partial charge is 0.288 e. The molecule has 1 saturated heterocycles. The van der Waals surface area contributed by atoms with Crippen molar-refractivity contribution in [1.82, 2.24) is 0 Å². The first-order chi connectivity index (χ1) is 9.13. The number of ketones is 1. The summed E-state index contributed by atoms with van der Waals surface area (Å²) in [6.07, 6.45) is 1.10. The molecule has 0 spiro atoms. The minimum absolute atomic E-state index is 0.202. The average Bonchev–Trinajstić information content (AvgIpc) is 2.44. The summed E-state index contributed by atoms with van der Waals surface area (Å²) in [5.74, 6) is 1.60. The van der Waals surface area contributed by atoms with Crippen LogP contribution in [0.5, 0.6) is 0 Å². The number of nitriles is 1. The quantitative estimate of drug-likeness (QED) is 0.444. The molecule has 0 radical (unpaired) electrons. The molecule has 0 unspecified atom stereocenters.